The summed E-state index contributed by atoms with van der Waals surface area (Å²) in [5.74, 6) is 0. The minimum absolute atomic E-state index is 1.07. The van der Waals surface area contributed by atoms with E-state index >= 15 is 0 Å². The third-order valence-electron chi connectivity index (χ3n) is 1.66. The monoisotopic (exact) mass is 392 g/mol. The quantitative estimate of drug-likeness (QED) is 0.655. The molecule has 0 aromatic heterocycles. The average molecular weight is 391 g/mol. The molecule has 0 aliphatic heterocycles. The van der Waals surface area contributed by atoms with Gasteiger partial charge in [-0.25, -0.2) is 0 Å². The van der Waals surface area contributed by atoms with Crippen molar-refractivity contribution in [2.24, 2.45) is 0 Å². The molecular formula is C12H11ClHg. The summed E-state index contributed by atoms with van der Waals surface area (Å²) in [6, 6.07) is 22.3. The van der Waals surface area contributed by atoms with Crippen LogP contribution in [0.15, 0.2) is 66.7 Å². The summed E-state index contributed by atoms with van der Waals surface area (Å²) in [5, 5.41) is 0. The smallest absolute Gasteiger partial charge is 0.0623 e. The molecule has 0 fully saturated rings. The minimum atomic E-state index is -1.07. The molecule has 0 N–H and O–H groups in total. The molecule has 0 aliphatic carbocycles. The summed E-state index contributed by atoms with van der Waals surface area (Å²) in [7, 11) is 5.75. The normalized spacial score (nSPS) is 8.07. The van der Waals surface area contributed by atoms with Crippen molar-refractivity contribution in [2.45, 2.75) is 0 Å². The third kappa shape index (κ3) is 5.41. The van der Waals surface area contributed by atoms with Crippen molar-refractivity contribution in [3.63, 3.8) is 0 Å². The second-order valence-electron chi connectivity index (χ2n) is 2.77. The van der Waals surface area contributed by atoms with Gasteiger partial charge in [-0.15, -0.1) is 0 Å². The fourth-order valence-corrected chi connectivity index (χ4v) is 4.27. The van der Waals surface area contributed by atoms with Gasteiger partial charge in [0.25, 0.3) is 0 Å². The molecule has 2 heteroatoms. The zero-order valence-electron chi connectivity index (χ0n) is 7.94. The van der Waals surface area contributed by atoms with Crippen molar-refractivity contribution in [3.8, 4) is 0 Å². The number of rotatable bonds is 1. The van der Waals surface area contributed by atoms with E-state index in [0.717, 1.165) is 0 Å². The van der Waals surface area contributed by atoms with Gasteiger partial charge in [0.05, 0.1) is 0 Å². The molecule has 0 bridgehead atoms. The molecule has 0 amide bonds. The summed E-state index contributed by atoms with van der Waals surface area (Å²) in [6.07, 6.45) is 0. The van der Waals surface area contributed by atoms with Gasteiger partial charge in [-0.05, 0) is 0 Å². The Morgan fingerprint density at radius 2 is 1.00 bits per heavy atom. The third-order valence-corrected chi connectivity index (χ3v) is 7.40. The average Bonchev–Trinajstić information content (AvgIpc) is 2.33. The van der Waals surface area contributed by atoms with Gasteiger partial charge in [-0.2, -0.15) is 0 Å². The van der Waals surface area contributed by atoms with Crippen LogP contribution in [0.2, 0.25) is 0 Å². The molecule has 0 unspecified atom stereocenters. The van der Waals surface area contributed by atoms with Gasteiger partial charge in [-0.3, -0.25) is 0 Å². The molecule has 2 aromatic rings. The molecule has 0 spiro atoms. The summed E-state index contributed by atoms with van der Waals surface area (Å²) in [6.45, 7) is 0. The van der Waals surface area contributed by atoms with Crippen LogP contribution >= 0.6 is 8.25 Å². The van der Waals surface area contributed by atoms with Crippen LogP contribution in [0, 0.1) is 0 Å². The standard InChI is InChI=1S/C6H6.C6H5.ClH.Hg/c2*1-2-4-6-5-3-1;;/h1-6H;1-5H;1H;/q;;;+1/p-1. The van der Waals surface area contributed by atoms with Crippen molar-refractivity contribution >= 4 is 11.3 Å². The van der Waals surface area contributed by atoms with Crippen LogP contribution in [0.3, 0.4) is 0 Å². The largest absolute Gasteiger partial charge is 0.0623 e. The van der Waals surface area contributed by atoms with E-state index in [4.69, 9.17) is 8.25 Å². The predicted octanol–water partition coefficient (Wildman–Crippen LogP) is 3.23. The van der Waals surface area contributed by atoms with Crippen LogP contribution in [0.5, 0.6) is 0 Å². The summed E-state index contributed by atoms with van der Waals surface area (Å²) >= 11 is -1.07. The van der Waals surface area contributed by atoms with E-state index in [1.165, 1.54) is 3.07 Å². The first kappa shape index (κ1) is 11.7. The SMILES string of the molecule is [Cl][Hg][c]1ccccc1.c1ccccc1. The topological polar surface area (TPSA) is 0 Å². The van der Waals surface area contributed by atoms with E-state index < -0.39 is 23.3 Å². The molecule has 2 rings (SSSR count). The Kier molecular flexibility index (Phi) is 6.72. The molecular weight excluding hydrogens is 380 g/mol. The first-order chi connectivity index (χ1) is 6.93. The van der Waals surface area contributed by atoms with E-state index in [-0.39, 0.29) is 0 Å². The summed E-state index contributed by atoms with van der Waals surface area (Å²) in [5.41, 5.74) is 0. The van der Waals surface area contributed by atoms with E-state index in [1.807, 2.05) is 54.6 Å². The second kappa shape index (κ2) is 8.01. The van der Waals surface area contributed by atoms with Crippen molar-refractivity contribution in [2.75, 3.05) is 0 Å². The maximum Gasteiger partial charge on any atom is -0.0623 e. The van der Waals surface area contributed by atoms with Crippen LogP contribution in [-0.2, 0) is 23.3 Å². The fourth-order valence-electron chi connectivity index (χ4n) is 0.952. The molecule has 2 aromatic carbocycles. The Bertz CT molecular complexity index is 294. The molecule has 14 heavy (non-hydrogen) atoms. The molecule has 0 heterocycles. The summed E-state index contributed by atoms with van der Waals surface area (Å²) in [4.78, 5) is 0. The van der Waals surface area contributed by atoms with E-state index in [9.17, 15) is 0 Å². The van der Waals surface area contributed by atoms with Crippen LogP contribution in [0.4, 0.5) is 0 Å². The van der Waals surface area contributed by atoms with Crippen LogP contribution in [0.1, 0.15) is 0 Å². The predicted molar refractivity (Wildman–Crippen MR) is 58.4 cm³/mol. The molecule has 0 aliphatic rings. The molecule has 0 nitrogen and oxygen atoms in total. The first-order valence-corrected chi connectivity index (χ1v) is 14.0. The maximum atomic E-state index is 5.75. The maximum absolute atomic E-state index is 5.75. The molecule has 68 valence electrons. The molecule has 0 saturated heterocycles. The van der Waals surface area contributed by atoms with Gasteiger partial charge in [0.2, 0.25) is 0 Å². The van der Waals surface area contributed by atoms with Crippen LogP contribution in [-0.4, -0.2) is 0 Å². The van der Waals surface area contributed by atoms with Gasteiger partial charge in [0.15, 0.2) is 0 Å². The van der Waals surface area contributed by atoms with E-state index in [0.29, 0.717) is 0 Å². The Morgan fingerprint density at radius 1 is 0.643 bits per heavy atom. The second-order valence-corrected chi connectivity index (χ2v) is 9.33. The van der Waals surface area contributed by atoms with Gasteiger partial charge in [-0.1, -0.05) is 36.4 Å². The number of hydrogen-bond donors (Lipinski definition) is 0. The van der Waals surface area contributed by atoms with Crippen molar-refractivity contribution in [1.29, 1.82) is 0 Å². The first-order valence-electron chi connectivity index (χ1n) is 4.53. The van der Waals surface area contributed by atoms with Crippen LogP contribution < -0.4 is 3.07 Å². The molecule has 0 radical (unpaired) electrons. The minimum Gasteiger partial charge on any atom is -0.0623 e. The van der Waals surface area contributed by atoms with Gasteiger partial charge in [0, 0.05) is 0 Å². The van der Waals surface area contributed by atoms with Crippen LogP contribution in [0.25, 0.3) is 0 Å². The van der Waals surface area contributed by atoms with Crippen molar-refractivity contribution < 1.29 is 23.3 Å². The van der Waals surface area contributed by atoms with Gasteiger partial charge < -0.3 is 0 Å². The Morgan fingerprint density at radius 3 is 1.29 bits per heavy atom. The Hall–Kier alpha value is -0.335. The van der Waals surface area contributed by atoms with E-state index in [1.54, 1.807) is 0 Å². The van der Waals surface area contributed by atoms with Crippen molar-refractivity contribution in [1.82, 2.24) is 0 Å². The Labute approximate surface area is 101 Å². The summed E-state index contributed by atoms with van der Waals surface area (Å²) < 4.78 is 1.40. The Balaban J connectivity index is 0.000000146. The van der Waals surface area contributed by atoms with E-state index in [2.05, 4.69) is 12.1 Å². The number of hydrogen-bond acceptors (Lipinski definition) is 0. The zero-order chi connectivity index (χ0) is 10.1. The number of benzene rings is 2. The van der Waals surface area contributed by atoms with Crippen molar-refractivity contribution in [3.05, 3.63) is 66.7 Å². The molecule has 0 saturated carbocycles. The number of halogens is 1. The molecule has 0 atom stereocenters. The zero-order valence-corrected chi connectivity index (χ0v) is 14.2. The van der Waals surface area contributed by atoms with Gasteiger partial charge >= 0.3 is 65.0 Å². The van der Waals surface area contributed by atoms with Gasteiger partial charge in [0.1, 0.15) is 0 Å². The fraction of sp³-hybridized carbons (Fsp3) is 0.